The van der Waals surface area contributed by atoms with Gasteiger partial charge in [-0.2, -0.15) is 0 Å². The molecule has 3 N–H and O–H groups in total. The van der Waals surface area contributed by atoms with E-state index >= 15 is 0 Å². The molecule has 0 spiro atoms. The highest BCUT2D eigenvalue weighted by Crippen LogP contribution is 2.48. The first kappa shape index (κ1) is 38.5. The van der Waals surface area contributed by atoms with Gasteiger partial charge in [0.15, 0.2) is 0 Å². The molecular formula is C38H50FN5O8S. The molecule has 3 fully saturated rings. The number of alkyl halides is 1. The fraction of sp³-hybridized carbons (Fsp3) is 0.605. The number of hydrogen-bond acceptors (Lipinski definition) is 9. The number of amides is 4. The number of nitrogens with one attached hydrogen (secondary N) is 3. The first-order valence-electron chi connectivity index (χ1n) is 18.3. The van der Waals surface area contributed by atoms with E-state index in [0.29, 0.717) is 29.9 Å². The predicted octanol–water partition coefficient (Wildman–Crippen LogP) is 3.92. The van der Waals surface area contributed by atoms with E-state index in [1.54, 1.807) is 46.2 Å². The molecule has 0 bridgehead atoms. The maximum absolute atomic E-state index is 14.7. The standard InChI is InChI=1S/C38H50FN5O8S/c1-22-9-7-8-10-25-20-38(25,35(48)43-53(49,50)37(39)14-15-37)42-31(45)29-19-27(52-32-28-12-11-26(51-6)18-24(28)13-16-40-32)21-44(29)33(46)30(23(2)17-22)41-34(47)36(3,4)5/h8,10-13,16,18,22-23,25,27,29-30H,7,9,14-15,17,19-21H2,1-6H3,(H,41,47)(H,42,45)(H,43,48)/b10-8-. The smallest absolute Gasteiger partial charge is 0.270 e. The van der Waals surface area contributed by atoms with E-state index < -0.39 is 67.8 Å². The number of fused-ring (bicyclic) bond motifs is 3. The average molecular weight is 756 g/mol. The highest BCUT2D eigenvalue weighted by molar-refractivity contribution is 7.91. The molecule has 53 heavy (non-hydrogen) atoms. The van der Waals surface area contributed by atoms with Crippen LogP contribution in [0.5, 0.6) is 11.6 Å². The zero-order valence-corrected chi connectivity index (χ0v) is 31.9. The van der Waals surface area contributed by atoms with Crippen LogP contribution in [0, 0.1) is 23.2 Å². The summed E-state index contributed by atoms with van der Waals surface area (Å²) < 4.78 is 54.0. The van der Waals surface area contributed by atoms with Gasteiger partial charge in [-0.05, 0) is 67.2 Å². The number of carbonyl (C=O) groups is 4. The highest BCUT2D eigenvalue weighted by Gasteiger charge is 2.64. The number of pyridine rings is 1. The van der Waals surface area contributed by atoms with E-state index in [1.807, 2.05) is 35.9 Å². The fourth-order valence-corrected chi connectivity index (χ4v) is 8.60. The van der Waals surface area contributed by atoms with Crippen LogP contribution in [0.1, 0.15) is 79.6 Å². The number of hydrogen-bond donors (Lipinski definition) is 3. The van der Waals surface area contributed by atoms with Crippen LogP contribution < -0.4 is 24.8 Å². The minimum absolute atomic E-state index is 0.0145. The monoisotopic (exact) mass is 755 g/mol. The van der Waals surface area contributed by atoms with Crippen molar-refractivity contribution in [2.45, 2.75) is 108 Å². The third kappa shape index (κ3) is 7.85. The van der Waals surface area contributed by atoms with Crippen LogP contribution in [0.4, 0.5) is 4.39 Å². The molecular weight excluding hydrogens is 706 g/mol. The Morgan fingerprint density at radius 2 is 1.85 bits per heavy atom. The third-order valence-corrected chi connectivity index (χ3v) is 12.8. The molecule has 1 saturated heterocycles. The molecule has 4 amide bonds. The van der Waals surface area contributed by atoms with Gasteiger partial charge in [0, 0.05) is 42.2 Å². The van der Waals surface area contributed by atoms with Gasteiger partial charge in [0.2, 0.25) is 28.6 Å². The Balaban J connectivity index is 1.35. The van der Waals surface area contributed by atoms with Crippen LogP contribution in [0.3, 0.4) is 0 Å². The van der Waals surface area contributed by atoms with Crippen LogP contribution in [-0.4, -0.2) is 84.3 Å². The number of sulfonamides is 1. The molecule has 0 radical (unpaired) electrons. The predicted molar refractivity (Wildman–Crippen MR) is 195 cm³/mol. The first-order valence-corrected chi connectivity index (χ1v) is 19.8. The summed E-state index contributed by atoms with van der Waals surface area (Å²) in [6.07, 6.45) is 6.23. The van der Waals surface area contributed by atoms with Crippen molar-refractivity contribution in [2.75, 3.05) is 13.7 Å². The molecule has 288 valence electrons. The number of allylic oxidation sites excluding steroid dienone is 1. The molecule has 1 aromatic carbocycles. The van der Waals surface area contributed by atoms with Gasteiger partial charge in [0.25, 0.3) is 15.9 Å². The fourth-order valence-electron chi connectivity index (χ4n) is 7.35. The molecule has 2 aliphatic carbocycles. The van der Waals surface area contributed by atoms with Gasteiger partial charge in [0.05, 0.1) is 13.7 Å². The summed E-state index contributed by atoms with van der Waals surface area (Å²) in [5.41, 5.74) is -2.47. The van der Waals surface area contributed by atoms with E-state index in [1.165, 1.54) is 4.90 Å². The van der Waals surface area contributed by atoms with Gasteiger partial charge < -0.3 is 25.0 Å². The van der Waals surface area contributed by atoms with E-state index in [2.05, 4.69) is 22.5 Å². The van der Waals surface area contributed by atoms with Gasteiger partial charge in [-0.25, -0.2) is 22.5 Å². The Bertz CT molecular complexity index is 1930. The number of aromatic nitrogens is 1. The Morgan fingerprint density at radius 3 is 2.53 bits per heavy atom. The van der Waals surface area contributed by atoms with E-state index in [4.69, 9.17) is 9.47 Å². The van der Waals surface area contributed by atoms with Crippen molar-refractivity contribution in [2.24, 2.45) is 23.2 Å². The third-order valence-electron chi connectivity index (χ3n) is 11.0. The molecule has 13 nitrogen and oxygen atoms in total. The van der Waals surface area contributed by atoms with Crippen molar-refractivity contribution in [3.8, 4) is 11.6 Å². The van der Waals surface area contributed by atoms with Crippen LogP contribution in [0.25, 0.3) is 10.8 Å². The van der Waals surface area contributed by atoms with Gasteiger partial charge in [-0.15, -0.1) is 0 Å². The Labute approximate surface area is 309 Å². The van der Waals surface area contributed by atoms with Crippen LogP contribution in [0.15, 0.2) is 42.6 Å². The topological polar surface area (TPSA) is 173 Å². The number of halogens is 1. The number of ether oxygens (including phenoxy) is 2. The van der Waals surface area contributed by atoms with Gasteiger partial charge in [-0.3, -0.25) is 19.2 Å². The second-order valence-corrected chi connectivity index (χ2v) is 18.2. The summed E-state index contributed by atoms with van der Waals surface area (Å²) in [6.45, 7) is 9.22. The van der Waals surface area contributed by atoms with Crippen LogP contribution in [0.2, 0.25) is 0 Å². The van der Waals surface area contributed by atoms with E-state index in [-0.39, 0.29) is 50.0 Å². The molecule has 3 heterocycles. The van der Waals surface area contributed by atoms with Crippen molar-refractivity contribution < 1.29 is 41.5 Å². The summed E-state index contributed by atoms with van der Waals surface area (Å²) in [5.74, 6) is -2.28. The molecule has 15 heteroatoms. The van der Waals surface area contributed by atoms with Gasteiger partial charge >= 0.3 is 0 Å². The lowest BCUT2D eigenvalue weighted by Crippen LogP contribution is -2.60. The highest BCUT2D eigenvalue weighted by atomic mass is 32.2. The van der Waals surface area contributed by atoms with E-state index in [9.17, 15) is 32.0 Å². The average Bonchev–Trinajstić information content (AvgIpc) is 3.97. The number of rotatable bonds is 7. The molecule has 7 unspecified atom stereocenters. The lowest BCUT2D eigenvalue weighted by atomic mass is 9.86. The van der Waals surface area contributed by atoms with E-state index in [0.717, 1.165) is 11.8 Å². The van der Waals surface area contributed by atoms with Crippen LogP contribution >= 0.6 is 0 Å². The Kier molecular flexibility index (Phi) is 10.3. The number of nitrogens with zero attached hydrogens (tertiary/aromatic N) is 2. The lowest BCUT2D eigenvalue weighted by molar-refractivity contribution is -0.144. The second kappa shape index (κ2) is 14.2. The van der Waals surface area contributed by atoms with Gasteiger partial charge in [0.1, 0.15) is 29.5 Å². The van der Waals surface area contributed by atoms with Crippen molar-refractivity contribution in [3.63, 3.8) is 0 Å². The summed E-state index contributed by atoms with van der Waals surface area (Å²) in [4.78, 5) is 62.0. The van der Waals surface area contributed by atoms with Crippen LogP contribution in [-0.2, 0) is 29.2 Å². The quantitative estimate of drug-likeness (QED) is 0.354. The number of methoxy groups -OCH3 is 1. The molecule has 2 aliphatic heterocycles. The minimum Gasteiger partial charge on any atom is -0.497 e. The SMILES string of the molecule is COc1ccc2c(OC3CC4C(=O)NC5(C(=O)NS(=O)(=O)C6(F)CC6)CC5/C=C\CCC(C)CC(C)C(NC(=O)C(C)(C)C)C(=O)N4C3)nccc2c1. The maximum atomic E-state index is 14.7. The second-order valence-electron chi connectivity index (χ2n) is 16.3. The zero-order chi connectivity index (χ0) is 38.5. The molecule has 2 saturated carbocycles. The summed E-state index contributed by atoms with van der Waals surface area (Å²) in [7, 11) is -3.08. The maximum Gasteiger partial charge on any atom is 0.270 e. The minimum atomic E-state index is -4.65. The summed E-state index contributed by atoms with van der Waals surface area (Å²) in [6, 6.07) is 5.10. The first-order chi connectivity index (χ1) is 24.9. The lowest BCUT2D eigenvalue weighted by Gasteiger charge is -2.34. The number of benzene rings is 1. The van der Waals surface area contributed by atoms with Crippen molar-refractivity contribution in [1.29, 1.82) is 0 Å². The summed E-state index contributed by atoms with van der Waals surface area (Å²) in [5, 5.41) is 4.75. The van der Waals surface area contributed by atoms with Crippen molar-refractivity contribution in [1.82, 2.24) is 25.2 Å². The molecule has 4 aliphatic rings. The summed E-state index contributed by atoms with van der Waals surface area (Å²) >= 11 is 0. The normalized spacial score (nSPS) is 30.8. The van der Waals surface area contributed by atoms with Crippen molar-refractivity contribution >= 4 is 44.4 Å². The Morgan fingerprint density at radius 1 is 1.11 bits per heavy atom. The molecule has 1 aromatic heterocycles. The Hall–Kier alpha value is -4.27. The number of carbonyl (C=O) groups excluding carboxylic acids is 4. The molecule has 2 aromatic rings. The molecule has 7 atom stereocenters. The zero-order valence-electron chi connectivity index (χ0n) is 31.1. The largest absolute Gasteiger partial charge is 0.497 e. The van der Waals surface area contributed by atoms with Crippen molar-refractivity contribution in [3.05, 3.63) is 42.6 Å². The molecule has 6 rings (SSSR count). The van der Waals surface area contributed by atoms with Gasteiger partial charge in [-0.1, -0.05) is 46.8 Å².